The van der Waals surface area contributed by atoms with E-state index in [0.717, 1.165) is 5.56 Å². The third kappa shape index (κ3) is 4.39. The zero-order valence-corrected chi connectivity index (χ0v) is 11.6. The molecule has 0 amide bonds. The van der Waals surface area contributed by atoms with Crippen molar-refractivity contribution in [1.29, 1.82) is 0 Å². The summed E-state index contributed by atoms with van der Waals surface area (Å²) in [6, 6.07) is 6.77. The van der Waals surface area contributed by atoms with Crippen molar-refractivity contribution in [3.05, 3.63) is 35.4 Å². The summed E-state index contributed by atoms with van der Waals surface area (Å²) < 4.78 is 4.91. The third-order valence-electron chi connectivity index (χ3n) is 3.17. The molecule has 19 heavy (non-hydrogen) atoms. The molecule has 0 spiro atoms. The van der Waals surface area contributed by atoms with Gasteiger partial charge in [0.05, 0.1) is 12.2 Å². The first-order valence-corrected chi connectivity index (χ1v) is 6.36. The molecular formula is C15H20O4. The van der Waals surface area contributed by atoms with Gasteiger partial charge in [-0.3, -0.25) is 4.79 Å². The molecule has 0 saturated heterocycles. The largest absolute Gasteiger partial charge is 0.478 e. The fraction of sp³-hybridized carbons (Fsp3) is 0.467. The average Bonchev–Trinajstić information content (AvgIpc) is 2.37. The van der Waals surface area contributed by atoms with E-state index >= 15 is 0 Å². The molecule has 0 aliphatic carbocycles. The Kier molecular flexibility index (Phi) is 5.10. The molecule has 0 heterocycles. The molecule has 104 valence electrons. The molecule has 1 rings (SSSR count). The summed E-state index contributed by atoms with van der Waals surface area (Å²) in [5.41, 5.74) is 1.09. The Morgan fingerprint density at radius 2 is 1.79 bits per heavy atom. The third-order valence-corrected chi connectivity index (χ3v) is 3.17. The Morgan fingerprint density at radius 3 is 2.26 bits per heavy atom. The van der Waals surface area contributed by atoms with Gasteiger partial charge in [0.1, 0.15) is 0 Å². The number of esters is 1. The van der Waals surface area contributed by atoms with Crippen LogP contribution in [-0.2, 0) is 14.9 Å². The van der Waals surface area contributed by atoms with Crippen LogP contribution in [0.5, 0.6) is 0 Å². The monoisotopic (exact) mass is 264 g/mol. The van der Waals surface area contributed by atoms with E-state index < -0.39 is 5.97 Å². The van der Waals surface area contributed by atoms with Crippen molar-refractivity contribution in [3.8, 4) is 0 Å². The number of ether oxygens (including phenoxy) is 1. The standard InChI is InChI=1S/C15H20O4/c1-4-19-13(16)9-10-15(2,3)12-7-5-11(6-8-12)14(17)18/h5-8H,4,9-10H2,1-3H3,(H,17,18). The van der Waals surface area contributed by atoms with E-state index in [4.69, 9.17) is 9.84 Å². The first-order chi connectivity index (χ1) is 8.86. The van der Waals surface area contributed by atoms with Crippen LogP contribution in [0.4, 0.5) is 0 Å². The number of aromatic carboxylic acids is 1. The van der Waals surface area contributed by atoms with Crippen LogP contribution in [0.2, 0.25) is 0 Å². The lowest BCUT2D eigenvalue weighted by Gasteiger charge is -2.25. The van der Waals surface area contributed by atoms with Crippen LogP contribution >= 0.6 is 0 Å². The van der Waals surface area contributed by atoms with Gasteiger partial charge in [-0.15, -0.1) is 0 Å². The van der Waals surface area contributed by atoms with Crippen LogP contribution in [-0.4, -0.2) is 23.7 Å². The van der Waals surface area contributed by atoms with E-state index in [9.17, 15) is 9.59 Å². The number of hydrogen-bond donors (Lipinski definition) is 1. The topological polar surface area (TPSA) is 63.6 Å². The van der Waals surface area contributed by atoms with Crippen molar-refractivity contribution in [2.75, 3.05) is 6.61 Å². The van der Waals surface area contributed by atoms with Crippen LogP contribution in [0.25, 0.3) is 0 Å². The Bertz CT molecular complexity index is 446. The minimum absolute atomic E-state index is 0.191. The van der Waals surface area contributed by atoms with Gasteiger partial charge in [0, 0.05) is 6.42 Å². The number of rotatable bonds is 6. The summed E-state index contributed by atoms with van der Waals surface area (Å²) in [4.78, 5) is 22.2. The maximum atomic E-state index is 11.4. The van der Waals surface area contributed by atoms with Gasteiger partial charge < -0.3 is 9.84 Å². The van der Waals surface area contributed by atoms with Crippen molar-refractivity contribution < 1.29 is 19.4 Å². The molecule has 0 aliphatic rings. The number of carbonyl (C=O) groups excluding carboxylic acids is 1. The van der Waals surface area contributed by atoms with Crippen molar-refractivity contribution in [1.82, 2.24) is 0 Å². The van der Waals surface area contributed by atoms with Gasteiger partial charge in [0.15, 0.2) is 0 Å². The second kappa shape index (κ2) is 6.36. The van der Waals surface area contributed by atoms with Crippen molar-refractivity contribution in [2.24, 2.45) is 0 Å². The number of hydrogen-bond acceptors (Lipinski definition) is 3. The highest BCUT2D eigenvalue weighted by Gasteiger charge is 2.22. The molecule has 1 aromatic carbocycles. The second-order valence-electron chi connectivity index (χ2n) is 5.07. The molecule has 1 aromatic rings. The number of carboxylic acids is 1. The Hall–Kier alpha value is -1.84. The molecule has 0 radical (unpaired) electrons. The fourth-order valence-corrected chi connectivity index (χ4v) is 1.86. The number of carbonyl (C=O) groups is 2. The molecule has 0 saturated carbocycles. The summed E-state index contributed by atoms with van der Waals surface area (Å²) in [7, 11) is 0. The molecule has 1 N–H and O–H groups in total. The molecule has 4 nitrogen and oxygen atoms in total. The summed E-state index contributed by atoms with van der Waals surface area (Å²) in [6.07, 6.45) is 1.03. The van der Waals surface area contributed by atoms with Gasteiger partial charge in [-0.1, -0.05) is 26.0 Å². The van der Waals surface area contributed by atoms with E-state index in [1.54, 1.807) is 31.2 Å². The minimum Gasteiger partial charge on any atom is -0.478 e. The Morgan fingerprint density at radius 1 is 1.21 bits per heavy atom. The highest BCUT2D eigenvalue weighted by atomic mass is 16.5. The van der Waals surface area contributed by atoms with Crippen LogP contribution in [0.3, 0.4) is 0 Å². The summed E-state index contributed by atoms with van der Waals surface area (Å²) in [5, 5.41) is 8.85. The lowest BCUT2D eigenvalue weighted by Crippen LogP contribution is -2.19. The number of carboxylic acid groups (broad SMARTS) is 1. The highest BCUT2D eigenvalue weighted by Crippen LogP contribution is 2.28. The summed E-state index contributed by atoms with van der Waals surface area (Å²) >= 11 is 0. The van der Waals surface area contributed by atoms with Gasteiger partial charge in [-0.25, -0.2) is 4.79 Å². The van der Waals surface area contributed by atoms with E-state index in [1.807, 2.05) is 13.8 Å². The number of benzene rings is 1. The van der Waals surface area contributed by atoms with E-state index in [0.29, 0.717) is 19.4 Å². The second-order valence-corrected chi connectivity index (χ2v) is 5.07. The Labute approximate surface area is 113 Å². The van der Waals surface area contributed by atoms with Gasteiger partial charge in [-0.05, 0) is 36.5 Å². The minimum atomic E-state index is -0.934. The predicted octanol–water partition coefficient (Wildman–Crippen LogP) is 3.01. The fourth-order valence-electron chi connectivity index (χ4n) is 1.86. The maximum Gasteiger partial charge on any atom is 0.335 e. The lowest BCUT2D eigenvalue weighted by atomic mass is 9.80. The van der Waals surface area contributed by atoms with Crippen LogP contribution in [0.15, 0.2) is 24.3 Å². The average molecular weight is 264 g/mol. The zero-order chi connectivity index (χ0) is 14.5. The van der Waals surface area contributed by atoms with Crippen LogP contribution in [0, 0.1) is 0 Å². The molecule has 0 unspecified atom stereocenters. The van der Waals surface area contributed by atoms with Gasteiger partial charge >= 0.3 is 11.9 Å². The highest BCUT2D eigenvalue weighted by molar-refractivity contribution is 5.87. The van der Waals surface area contributed by atoms with Crippen molar-refractivity contribution in [2.45, 2.75) is 39.0 Å². The molecule has 0 aromatic heterocycles. The van der Waals surface area contributed by atoms with Crippen molar-refractivity contribution in [3.63, 3.8) is 0 Å². The van der Waals surface area contributed by atoms with Crippen molar-refractivity contribution >= 4 is 11.9 Å². The van der Waals surface area contributed by atoms with Gasteiger partial charge in [0.25, 0.3) is 0 Å². The quantitative estimate of drug-likeness (QED) is 0.802. The van der Waals surface area contributed by atoms with Gasteiger partial charge in [-0.2, -0.15) is 0 Å². The van der Waals surface area contributed by atoms with Crippen LogP contribution in [0.1, 0.15) is 49.5 Å². The smallest absolute Gasteiger partial charge is 0.335 e. The lowest BCUT2D eigenvalue weighted by molar-refractivity contribution is -0.143. The molecule has 4 heteroatoms. The predicted molar refractivity (Wildman–Crippen MR) is 72.3 cm³/mol. The summed E-state index contributed by atoms with van der Waals surface area (Å²) in [6.45, 7) is 6.24. The van der Waals surface area contributed by atoms with E-state index in [2.05, 4.69) is 0 Å². The molecule has 0 bridgehead atoms. The molecule has 0 atom stereocenters. The normalized spacial score (nSPS) is 11.1. The Balaban J connectivity index is 2.71. The summed E-state index contributed by atoms with van der Waals surface area (Å²) in [5.74, 6) is -1.13. The first kappa shape index (κ1) is 15.2. The van der Waals surface area contributed by atoms with E-state index in [1.165, 1.54) is 0 Å². The molecule has 0 aliphatic heterocycles. The maximum absolute atomic E-state index is 11.4. The molecule has 0 fully saturated rings. The molecular weight excluding hydrogens is 244 g/mol. The SMILES string of the molecule is CCOC(=O)CCC(C)(C)c1ccc(C(=O)O)cc1. The zero-order valence-electron chi connectivity index (χ0n) is 11.6. The van der Waals surface area contributed by atoms with Gasteiger partial charge in [0.2, 0.25) is 0 Å². The van der Waals surface area contributed by atoms with E-state index in [-0.39, 0.29) is 16.9 Å². The van der Waals surface area contributed by atoms with Crippen LogP contribution < -0.4 is 0 Å². The first-order valence-electron chi connectivity index (χ1n) is 6.36.